The molecule has 0 aliphatic carbocycles. The smallest absolute Gasteiger partial charge is 0.266 e. The molecule has 0 saturated carbocycles. The van der Waals surface area contributed by atoms with E-state index < -0.39 is 23.4 Å². The second-order valence-corrected chi connectivity index (χ2v) is 6.93. The summed E-state index contributed by atoms with van der Waals surface area (Å²) in [4.78, 5) is 24.8. The fourth-order valence-electron chi connectivity index (χ4n) is 2.83. The third kappa shape index (κ3) is 6.46. The lowest BCUT2D eigenvalue weighted by atomic mass is 10.1. The van der Waals surface area contributed by atoms with Crippen molar-refractivity contribution in [3.63, 3.8) is 0 Å². The van der Waals surface area contributed by atoms with Gasteiger partial charge < -0.3 is 10.6 Å². The van der Waals surface area contributed by atoms with Gasteiger partial charge in [0, 0.05) is 11.4 Å². The predicted octanol–water partition coefficient (Wildman–Crippen LogP) is 5.06. The maximum absolute atomic E-state index is 13.0. The lowest BCUT2D eigenvalue weighted by molar-refractivity contribution is -0.113. The summed E-state index contributed by atoms with van der Waals surface area (Å²) >= 11 is 0. The lowest BCUT2D eigenvalue weighted by Crippen LogP contribution is -2.13. The molecule has 0 aliphatic heterocycles. The van der Waals surface area contributed by atoms with Gasteiger partial charge in [-0.05, 0) is 77.9 Å². The van der Waals surface area contributed by atoms with Crippen molar-refractivity contribution in [3.05, 3.63) is 107 Å². The second-order valence-electron chi connectivity index (χ2n) is 6.93. The van der Waals surface area contributed by atoms with E-state index in [0.29, 0.717) is 22.5 Å². The molecule has 34 heavy (non-hydrogen) atoms. The van der Waals surface area contributed by atoms with Crippen LogP contribution in [0, 0.1) is 34.3 Å². The summed E-state index contributed by atoms with van der Waals surface area (Å²) in [5.41, 5.74) is 1.23. The van der Waals surface area contributed by atoms with Crippen molar-refractivity contribution in [3.8, 4) is 12.1 Å². The van der Waals surface area contributed by atoms with Gasteiger partial charge in [-0.3, -0.25) is 9.59 Å². The third-order valence-corrected chi connectivity index (χ3v) is 4.47. The van der Waals surface area contributed by atoms with Crippen LogP contribution in [0.4, 0.5) is 20.2 Å². The maximum atomic E-state index is 13.0. The van der Waals surface area contributed by atoms with E-state index in [-0.39, 0.29) is 11.1 Å². The standard InChI is InChI=1S/C26H16F2N4O2/c27-21-4-8-23(9-5-21)31-25(33)19(15-29)13-17-2-1-3-18(12-17)14-20(16-30)26(34)32-24-10-6-22(28)7-11-24/h1-14H,(H,31,33)(H,32,34). The van der Waals surface area contributed by atoms with Crippen molar-refractivity contribution in [2.45, 2.75) is 0 Å². The van der Waals surface area contributed by atoms with Gasteiger partial charge in [0.1, 0.15) is 34.9 Å². The summed E-state index contributed by atoms with van der Waals surface area (Å²) in [7, 11) is 0. The Kier molecular flexibility index (Phi) is 7.62. The minimum absolute atomic E-state index is 0.194. The number of hydrogen-bond acceptors (Lipinski definition) is 4. The Morgan fingerprint density at radius 1 is 0.676 bits per heavy atom. The zero-order valence-electron chi connectivity index (χ0n) is 17.5. The Balaban J connectivity index is 1.78. The molecular formula is C26H16F2N4O2. The van der Waals surface area contributed by atoms with Gasteiger partial charge in [-0.15, -0.1) is 0 Å². The van der Waals surface area contributed by atoms with E-state index in [0.717, 1.165) is 0 Å². The quantitative estimate of drug-likeness (QED) is 0.401. The van der Waals surface area contributed by atoms with E-state index in [9.17, 15) is 28.9 Å². The average Bonchev–Trinajstić information content (AvgIpc) is 2.84. The van der Waals surface area contributed by atoms with Gasteiger partial charge in [0.25, 0.3) is 11.8 Å². The highest BCUT2D eigenvalue weighted by Crippen LogP contribution is 2.16. The molecule has 2 N–H and O–H groups in total. The average molecular weight is 454 g/mol. The molecule has 166 valence electrons. The first-order chi connectivity index (χ1) is 16.4. The van der Waals surface area contributed by atoms with Crippen LogP contribution >= 0.6 is 0 Å². The van der Waals surface area contributed by atoms with Crippen LogP contribution in [-0.4, -0.2) is 11.8 Å². The first-order valence-electron chi connectivity index (χ1n) is 9.85. The van der Waals surface area contributed by atoms with Crippen molar-refractivity contribution in [2.75, 3.05) is 10.6 Å². The molecule has 3 aromatic carbocycles. The van der Waals surface area contributed by atoms with Crippen LogP contribution in [0.2, 0.25) is 0 Å². The summed E-state index contributed by atoms with van der Waals surface area (Å²) in [5, 5.41) is 23.8. The molecule has 3 aromatic rings. The van der Waals surface area contributed by atoms with Gasteiger partial charge in [-0.25, -0.2) is 8.78 Å². The number of amides is 2. The van der Waals surface area contributed by atoms with Gasteiger partial charge in [0.15, 0.2) is 0 Å². The minimum atomic E-state index is -0.675. The summed E-state index contributed by atoms with van der Waals surface area (Å²) < 4.78 is 26.0. The molecular weight excluding hydrogens is 438 g/mol. The Labute approximate surface area is 194 Å². The van der Waals surface area contributed by atoms with Crippen LogP contribution in [-0.2, 0) is 9.59 Å². The highest BCUT2D eigenvalue weighted by Gasteiger charge is 2.12. The predicted molar refractivity (Wildman–Crippen MR) is 124 cm³/mol. The molecule has 0 fully saturated rings. The Morgan fingerprint density at radius 2 is 1.06 bits per heavy atom. The summed E-state index contributed by atoms with van der Waals surface area (Å²) in [5.74, 6) is -2.26. The van der Waals surface area contributed by atoms with Crippen molar-refractivity contribution in [2.24, 2.45) is 0 Å². The maximum Gasteiger partial charge on any atom is 0.266 e. The van der Waals surface area contributed by atoms with Crippen LogP contribution in [0.5, 0.6) is 0 Å². The number of anilines is 2. The van der Waals surface area contributed by atoms with E-state index in [2.05, 4.69) is 10.6 Å². The molecule has 0 bridgehead atoms. The van der Waals surface area contributed by atoms with E-state index in [1.54, 1.807) is 24.3 Å². The molecule has 0 atom stereocenters. The van der Waals surface area contributed by atoms with E-state index in [1.807, 2.05) is 12.1 Å². The highest BCUT2D eigenvalue weighted by atomic mass is 19.1. The fraction of sp³-hybridized carbons (Fsp3) is 0. The summed E-state index contributed by atoms with van der Waals surface area (Å²) in [6.45, 7) is 0. The number of nitrogens with zero attached hydrogens (tertiary/aromatic N) is 2. The number of benzene rings is 3. The minimum Gasteiger partial charge on any atom is -0.321 e. The zero-order chi connectivity index (χ0) is 24.5. The topological polar surface area (TPSA) is 106 Å². The molecule has 6 nitrogen and oxygen atoms in total. The monoisotopic (exact) mass is 454 g/mol. The van der Waals surface area contributed by atoms with Crippen molar-refractivity contribution in [1.82, 2.24) is 0 Å². The van der Waals surface area contributed by atoms with Gasteiger partial charge in [-0.2, -0.15) is 10.5 Å². The molecule has 2 amide bonds. The van der Waals surface area contributed by atoms with Crippen molar-refractivity contribution >= 4 is 35.3 Å². The van der Waals surface area contributed by atoms with E-state index in [1.165, 1.54) is 60.7 Å². The van der Waals surface area contributed by atoms with Crippen molar-refractivity contribution < 1.29 is 18.4 Å². The van der Waals surface area contributed by atoms with Crippen molar-refractivity contribution in [1.29, 1.82) is 10.5 Å². The highest BCUT2D eigenvalue weighted by molar-refractivity contribution is 6.10. The van der Waals surface area contributed by atoms with Gasteiger partial charge in [-0.1, -0.05) is 18.2 Å². The first kappa shape index (κ1) is 23.6. The largest absolute Gasteiger partial charge is 0.321 e. The molecule has 0 saturated heterocycles. The Hall–Kier alpha value is -5.08. The number of rotatable bonds is 6. The lowest BCUT2D eigenvalue weighted by Gasteiger charge is -2.05. The van der Waals surface area contributed by atoms with Gasteiger partial charge in [0.2, 0.25) is 0 Å². The molecule has 0 spiro atoms. The Morgan fingerprint density at radius 3 is 1.41 bits per heavy atom. The molecule has 3 rings (SSSR count). The number of halogens is 2. The number of carbonyl (C=O) groups is 2. The summed E-state index contributed by atoms with van der Waals surface area (Å²) in [6.07, 6.45) is 2.70. The molecule has 0 aliphatic rings. The van der Waals surface area contributed by atoms with Gasteiger partial charge in [0.05, 0.1) is 0 Å². The normalized spacial score (nSPS) is 11.2. The number of nitrogens with one attached hydrogen (secondary N) is 2. The zero-order valence-corrected chi connectivity index (χ0v) is 17.5. The summed E-state index contributed by atoms with van der Waals surface area (Å²) in [6, 6.07) is 20.3. The van der Waals surface area contributed by atoms with Crippen LogP contribution in [0.25, 0.3) is 12.2 Å². The van der Waals surface area contributed by atoms with E-state index in [4.69, 9.17) is 0 Å². The fourth-order valence-corrected chi connectivity index (χ4v) is 2.83. The van der Waals surface area contributed by atoms with Crippen LogP contribution in [0.3, 0.4) is 0 Å². The third-order valence-electron chi connectivity index (χ3n) is 4.47. The number of hydrogen-bond donors (Lipinski definition) is 2. The van der Waals surface area contributed by atoms with E-state index >= 15 is 0 Å². The Bertz CT molecular complexity index is 1260. The second kappa shape index (κ2) is 11.0. The number of nitriles is 2. The molecule has 0 aromatic heterocycles. The van der Waals surface area contributed by atoms with Crippen LogP contribution in [0.15, 0.2) is 83.9 Å². The number of carbonyl (C=O) groups excluding carboxylic acids is 2. The van der Waals surface area contributed by atoms with Crippen LogP contribution < -0.4 is 10.6 Å². The molecule has 8 heteroatoms. The first-order valence-corrected chi connectivity index (χ1v) is 9.85. The molecule has 0 unspecified atom stereocenters. The SMILES string of the molecule is N#CC(=Cc1cccc(C=C(C#N)C(=O)Nc2ccc(F)cc2)c1)C(=O)Nc1ccc(F)cc1. The van der Waals surface area contributed by atoms with Gasteiger partial charge >= 0.3 is 0 Å². The molecule has 0 radical (unpaired) electrons. The molecule has 0 heterocycles. The van der Waals surface area contributed by atoms with Crippen LogP contribution in [0.1, 0.15) is 11.1 Å².